The maximum absolute atomic E-state index is 10.8. The Kier molecular flexibility index (Phi) is 3.37. The average molecular weight is 234 g/mol. The second kappa shape index (κ2) is 4.95. The van der Waals surface area contributed by atoms with Gasteiger partial charge < -0.3 is 4.84 Å². The fraction of sp³-hybridized carbons (Fsp3) is 0.417. The van der Waals surface area contributed by atoms with Gasteiger partial charge in [-0.2, -0.15) is 0 Å². The van der Waals surface area contributed by atoms with Gasteiger partial charge in [0.15, 0.2) is 0 Å². The lowest BCUT2D eigenvalue weighted by Gasteiger charge is -2.02. The van der Waals surface area contributed by atoms with E-state index in [1.165, 1.54) is 18.9 Å². The summed E-state index contributed by atoms with van der Waals surface area (Å²) in [4.78, 5) is 15.6. The number of nitrogens with zero attached hydrogens (tertiary/aromatic N) is 2. The number of hydrogen-bond acceptors (Lipinski definition) is 4. The Bertz CT molecular complexity index is 453. The van der Waals surface area contributed by atoms with Crippen LogP contribution in [-0.2, 0) is 4.84 Å². The first-order valence-corrected chi connectivity index (χ1v) is 5.59. The summed E-state index contributed by atoms with van der Waals surface area (Å²) in [6, 6.07) is 6.54. The Morgan fingerprint density at radius 1 is 1.53 bits per heavy atom. The molecule has 0 unspecified atom stereocenters. The van der Waals surface area contributed by atoms with Gasteiger partial charge >= 0.3 is 0 Å². The van der Waals surface area contributed by atoms with E-state index in [1.54, 1.807) is 25.1 Å². The Morgan fingerprint density at radius 2 is 2.24 bits per heavy atom. The van der Waals surface area contributed by atoms with Crippen molar-refractivity contribution in [2.75, 3.05) is 6.61 Å². The third-order valence-corrected chi connectivity index (χ3v) is 2.70. The number of nitro groups is 1. The predicted octanol–water partition coefficient (Wildman–Crippen LogP) is 2.75. The van der Waals surface area contributed by atoms with Crippen LogP contribution in [0.3, 0.4) is 0 Å². The summed E-state index contributed by atoms with van der Waals surface area (Å²) in [7, 11) is 0. The van der Waals surface area contributed by atoms with Gasteiger partial charge in [0.2, 0.25) is 0 Å². The summed E-state index contributed by atoms with van der Waals surface area (Å²) in [5.74, 6) is 0.623. The molecular weight excluding hydrogens is 220 g/mol. The van der Waals surface area contributed by atoms with Crippen molar-refractivity contribution in [3.05, 3.63) is 39.9 Å². The molecule has 0 radical (unpaired) electrons. The molecule has 0 bridgehead atoms. The van der Waals surface area contributed by atoms with Crippen LogP contribution in [-0.4, -0.2) is 17.2 Å². The first-order valence-electron chi connectivity index (χ1n) is 5.59. The van der Waals surface area contributed by atoms with E-state index >= 15 is 0 Å². The molecule has 90 valence electrons. The summed E-state index contributed by atoms with van der Waals surface area (Å²) in [5.41, 5.74) is 1.11. The van der Waals surface area contributed by atoms with Crippen molar-refractivity contribution in [3.8, 4) is 0 Å². The van der Waals surface area contributed by atoms with Crippen LogP contribution >= 0.6 is 0 Å². The van der Waals surface area contributed by atoms with Gasteiger partial charge in [-0.15, -0.1) is 0 Å². The number of nitro benzene ring substituents is 1. The van der Waals surface area contributed by atoms with E-state index in [1.807, 2.05) is 0 Å². The molecular formula is C12H14N2O3. The van der Waals surface area contributed by atoms with E-state index in [2.05, 4.69) is 5.16 Å². The van der Waals surface area contributed by atoms with E-state index in [0.29, 0.717) is 23.8 Å². The molecule has 0 spiro atoms. The lowest BCUT2D eigenvalue weighted by Crippen LogP contribution is -2.02. The number of rotatable bonds is 5. The molecule has 0 N–H and O–H groups in total. The minimum absolute atomic E-state index is 0.0590. The van der Waals surface area contributed by atoms with E-state index in [-0.39, 0.29) is 5.69 Å². The topological polar surface area (TPSA) is 64.7 Å². The zero-order chi connectivity index (χ0) is 12.3. The van der Waals surface area contributed by atoms with Gasteiger partial charge in [0.05, 0.1) is 16.2 Å². The van der Waals surface area contributed by atoms with E-state index in [0.717, 1.165) is 0 Å². The molecule has 0 aromatic heterocycles. The van der Waals surface area contributed by atoms with Crippen molar-refractivity contribution in [1.29, 1.82) is 0 Å². The normalized spacial score (nSPS) is 15.7. The number of para-hydroxylation sites is 1. The third-order valence-electron chi connectivity index (χ3n) is 2.70. The monoisotopic (exact) mass is 234 g/mol. The van der Waals surface area contributed by atoms with Gasteiger partial charge in [-0.25, -0.2) is 0 Å². The van der Waals surface area contributed by atoms with Gasteiger partial charge in [0, 0.05) is 6.07 Å². The van der Waals surface area contributed by atoms with Crippen LogP contribution in [0.15, 0.2) is 29.4 Å². The van der Waals surface area contributed by atoms with Crippen molar-refractivity contribution in [2.45, 2.75) is 19.8 Å². The molecule has 0 saturated heterocycles. The van der Waals surface area contributed by atoms with Crippen LogP contribution in [0.1, 0.15) is 25.3 Å². The van der Waals surface area contributed by atoms with Crippen molar-refractivity contribution in [3.63, 3.8) is 0 Å². The van der Waals surface area contributed by atoms with Crippen LogP contribution in [0.25, 0.3) is 0 Å². The average Bonchev–Trinajstić information content (AvgIpc) is 3.13. The standard InChI is InChI=1S/C12H14N2O3/c1-9(13-17-8-10-6-7-10)11-4-2-3-5-12(11)14(15)16/h2-5,10H,6-8H2,1H3/b13-9+. The van der Waals surface area contributed by atoms with Gasteiger partial charge in [-0.05, 0) is 31.7 Å². The SMILES string of the molecule is C/C(=N\OCC1CC1)c1ccccc1[N+](=O)[O-]. The molecule has 0 amide bonds. The van der Waals surface area contributed by atoms with E-state index < -0.39 is 4.92 Å². The second-order valence-corrected chi connectivity index (χ2v) is 4.19. The quantitative estimate of drug-likeness (QED) is 0.447. The van der Waals surface area contributed by atoms with Crippen molar-refractivity contribution in [1.82, 2.24) is 0 Å². The highest BCUT2D eigenvalue weighted by Crippen LogP contribution is 2.29. The van der Waals surface area contributed by atoms with Gasteiger partial charge in [-0.3, -0.25) is 10.1 Å². The Morgan fingerprint density at radius 3 is 2.88 bits per heavy atom. The second-order valence-electron chi connectivity index (χ2n) is 4.19. The van der Waals surface area contributed by atoms with Gasteiger partial charge in [0.25, 0.3) is 5.69 Å². The van der Waals surface area contributed by atoms with Crippen molar-refractivity contribution >= 4 is 11.4 Å². The van der Waals surface area contributed by atoms with Crippen LogP contribution in [0.5, 0.6) is 0 Å². The Hall–Kier alpha value is -1.91. The molecule has 1 aliphatic carbocycles. The Labute approximate surface area is 99.2 Å². The fourth-order valence-corrected chi connectivity index (χ4v) is 1.51. The highest BCUT2D eigenvalue weighted by molar-refractivity contribution is 6.01. The third kappa shape index (κ3) is 3.03. The minimum Gasteiger partial charge on any atom is -0.395 e. The van der Waals surface area contributed by atoms with Gasteiger partial charge in [0.1, 0.15) is 6.61 Å². The Balaban J connectivity index is 2.10. The number of hydrogen-bond donors (Lipinski definition) is 0. The summed E-state index contributed by atoms with van der Waals surface area (Å²) in [6.45, 7) is 2.33. The zero-order valence-corrected chi connectivity index (χ0v) is 9.63. The summed E-state index contributed by atoms with van der Waals surface area (Å²) in [6.07, 6.45) is 2.39. The number of benzene rings is 1. The van der Waals surface area contributed by atoms with Crippen LogP contribution in [0.4, 0.5) is 5.69 Å². The molecule has 5 heteroatoms. The highest BCUT2D eigenvalue weighted by Gasteiger charge is 2.22. The maximum Gasteiger partial charge on any atom is 0.278 e. The van der Waals surface area contributed by atoms with E-state index in [9.17, 15) is 10.1 Å². The number of oxime groups is 1. The molecule has 2 rings (SSSR count). The minimum atomic E-state index is -0.407. The first kappa shape index (κ1) is 11.6. The molecule has 0 atom stereocenters. The van der Waals surface area contributed by atoms with Gasteiger partial charge in [-0.1, -0.05) is 17.3 Å². The van der Waals surface area contributed by atoms with Crippen molar-refractivity contribution < 1.29 is 9.76 Å². The zero-order valence-electron chi connectivity index (χ0n) is 9.63. The largest absolute Gasteiger partial charge is 0.395 e. The lowest BCUT2D eigenvalue weighted by atomic mass is 10.1. The fourth-order valence-electron chi connectivity index (χ4n) is 1.51. The smallest absolute Gasteiger partial charge is 0.278 e. The molecule has 0 heterocycles. The molecule has 1 aromatic rings. The van der Waals surface area contributed by atoms with Crippen LogP contribution in [0.2, 0.25) is 0 Å². The summed E-state index contributed by atoms with van der Waals surface area (Å²) < 4.78 is 0. The summed E-state index contributed by atoms with van der Waals surface area (Å²) >= 11 is 0. The van der Waals surface area contributed by atoms with Crippen LogP contribution in [0, 0.1) is 16.0 Å². The lowest BCUT2D eigenvalue weighted by molar-refractivity contribution is -0.385. The highest BCUT2D eigenvalue weighted by atomic mass is 16.6. The molecule has 1 aliphatic rings. The van der Waals surface area contributed by atoms with Crippen LogP contribution < -0.4 is 0 Å². The first-order chi connectivity index (χ1) is 8.18. The maximum atomic E-state index is 10.8. The molecule has 1 saturated carbocycles. The molecule has 0 aliphatic heterocycles. The molecule has 1 fully saturated rings. The molecule has 5 nitrogen and oxygen atoms in total. The molecule has 1 aromatic carbocycles. The van der Waals surface area contributed by atoms with Crippen molar-refractivity contribution in [2.24, 2.45) is 11.1 Å². The molecule has 17 heavy (non-hydrogen) atoms. The van der Waals surface area contributed by atoms with E-state index in [4.69, 9.17) is 4.84 Å². The predicted molar refractivity (Wildman–Crippen MR) is 64.0 cm³/mol. The summed E-state index contributed by atoms with van der Waals surface area (Å²) in [5, 5.41) is 14.8.